The minimum Gasteiger partial charge on any atom is -0.497 e. The summed E-state index contributed by atoms with van der Waals surface area (Å²) >= 11 is 5.91. The maximum absolute atomic E-state index is 12.3. The molecule has 0 saturated carbocycles. The number of benzene rings is 2. The fraction of sp³-hybridized carbons (Fsp3) is 0.167. The number of nitrogens with zero attached hydrogens (tertiary/aromatic N) is 3. The number of carbonyl (C=O) groups is 1. The summed E-state index contributed by atoms with van der Waals surface area (Å²) in [6, 6.07) is 13.9. The Bertz CT molecular complexity index is 913. The number of hydrogen-bond donors (Lipinski definition) is 1. The molecular formula is C18H17ClN4O3. The molecule has 1 heterocycles. The van der Waals surface area contributed by atoms with Gasteiger partial charge in [0.25, 0.3) is 0 Å². The molecule has 2 amide bonds. The third-order valence-electron chi connectivity index (χ3n) is 3.59. The first-order valence-corrected chi connectivity index (χ1v) is 8.17. The van der Waals surface area contributed by atoms with Gasteiger partial charge in [0, 0.05) is 23.3 Å². The lowest BCUT2D eigenvalue weighted by Gasteiger charge is -2.15. The van der Waals surface area contributed by atoms with Gasteiger partial charge < -0.3 is 19.5 Å². The van der Waals surface area contributed by atoms with Crippen molar-refractivity contribution >= 4 is 23.3 Å². The number of nitrogens with one attached hydrogen (secondary N) is 1. The number of ether oxygens (including phenoxy) is 1. The summed E-state index contributed by atoms with van der Waals surface area (Å²) in [6.07, 6.45) is 0. The van der Waals surface area contributed by atoms with E-state index in [1.807, 2.05) is 24.3 Å². The first-order valence-electron chi connectivity index (χ1n) is 7.80. The van der Waals surface area contributed by atoms with E-state index >= 15 is 0 Å². The highest BCUT2D eigenvalue weighted by Crippen LogP contribution is 2.21. The highest BCUT2D eigenvalue weighted by molar-refractivity contribution is 6.30. The number of carbonyl (C=O) groups excluding carboxylic acids is 1. The van der Waals surface area contributed by atoms with Gasteiger partial charge >= 0.3 is 6.03 Å². The fourth-order valence-electron chi connectivity index (χ4n) is 2.26. The van der Waals surface area contributed by atoms with Crippen molar-refractivity contribution in [1.29, 1.82) is 0 Å². The van der Waals surface area contributed by atoms with Crippen molar-refractivity contribution in [3.8, 4) is 17.1 Å². The lowest BCUT2D eigenvalue weighted by Crippen LogP contribution is -2.30. The average molecular weight is 373 g/mol. The maximum atomic E-state index is 12.3. The number of aromatic nitrogens is 2. The van der Waals surface area contributed by atoms with Crippen LogP contribution < -0.4 is 10.1 Å². The molecule has 0 aliphatic rings. The van der Waals surface area contributed by atoms with Crippen LogP contribution in [0.5, 0.6) is 5.75 Å². The molecule has 134 valence electrons. The summed E-state index contributed by atoms with van der Waals surface area (Å²) in [7, 11) is 3.23. The van der Waals surface area contributed by atoms with Crippen molar-refractivity contribution in [3.05, 3.63) is 59.4 Å². The highest BCUT2D eigenvalue weighted by Gasteiger charge is 2.15. The Balaban J connectivity index is 1.65. The lowest BCUT2D eigenvalue weighted by molar-refractivity contribution is 0.213. The SMILES string of the molecule is COc1cccc(-c2noc(CN(C)C(=O)Nc3cccc(Cl)c3)n2)c1. The van der Waals surface area contributed by atoms with Crippen LogP contribution in [0.1, 0.15) is 5.89 Å². The van der Waals surface area contributed by atoms with Crippen molar-refractivity contribution in [3.63, 3.8) is 0 Å². The fourth-order valence-corrected chi connectivity index (χ4v) is 2.45. The first kappa shape index (κ1) is 17.8. The van der Waals surface area contributed by atoms with E-state index in [0.717, 1.165) is 5.56 Å². The second-order valence-electron chi connectivity index (χ2n) is 5.54. The van der Waals surface area contributed by atoms with Crippen LogP contribution >= 0.6 is 11.6 Å². The van der Waals surface area contributed by atoms with E-state index in [1.54, 1.807) is 38.4 Å². The molecule has 26 heavy (non-hydrogen) atoms. The Labute approximate surface area is 155 Å². The minimum atomic E-state index is -0.312. The van der Waals surface area contributed by atoms with Crippen LogP contribution in [0.15, 0.2) is 53.1 Å². The summed E-state index contributed by atoms with van der Waals surface area (Å²) in [5.41, 5.74) is 1.38. The van der Waals surface area contributed by atoms with Gasteiger partial charge in [-0.2, -0.15) is 4.98 Å². The van der Waals surface area contributed by atoms with Gasteiger partial charge in [0.2, 0.25) is 11.7 Å². The molecular weight excluding hydrogens is 356 g/mol. The monoisotopic (exact) mass is 372 g/mol. The van der Waals surface area contributed by atoms with E-state index in [2.05, 4.69) is 15.5 Å². The lowest BCUT2D eigenvalue weighted by atomic mass is 10.2. The summed E-state index contributed by atoms with van der Waals surface area (Å²) in [4.78, 5) is 18.0. The van der Waals surface area contributed by atoms with E-state index in [-0.39, 0.29) is 12.6 Å². The summed E-state index contributed by atoms with van der Waals surface area (Å²) in [5, 5.41) is 7.25. The number of amides is 2. The van der Waals surface area contributed by atoms with Gasteiger partial charge in [-0.25, -0.2) is 4.79 Å². The maximum Gasteiger partial charge on any atom is 0.322 e. The van der Waals surface area contributed by atoms with Crippen LogP contribution in [-0.4, -0.2) is 35.2 Å². The molecule has 0 unspecified atom stereocenters. The molecule has 2 aromatic carbocycles. The van der Waals surface area contributed by atoms with Gasteiger partial charge in [-0.3, -0.25) is 0 Å². The predicted octanol–water partition coefficient (Wildman–Crippen LogP) is 4.06. The number of halogens is 1. The normalized spacial score (nSPS) is 10.4. The number of urea groups is 1. The molecule has 0 fully saturated rings. The van der Waals surface area contributed by atoms with Gasteiger partial charge in [-0.1, -0.05) is 35.0 Å². The molecule has 1 aromatic heterocycles. The van der Waals surface area contributed by atoms with E-state index in [1.165, 1.54) is 4.90 Å². The van der Waals surface area contributed by atoms with E-state index in [0.29, 0.717) is 28.2 Å². The molecule has 0 saturated heterocycles. The molecule has 3 rings (SSSR count). The van der Waals surface area contributed by atoms with Crippen molar-refractivity contribution in [1.82, 2.24) is 15.0 Å². The number of methoxy groups -OCH3 is 1. The Morgan fingerprint density at radius 2 is 2.08 bits per heavy atom. The van der Waals surface area contributed by atoms with E-state index < -0.39 is 0 Å². The molecule has 0 aliphatic carbocycles. The summed E-state index contributed by atoms with van der Waals surface area (Å²) in [6.45, 7) is 0.170. The largest absolute Gasteiger partial charge is 0.497 e. The zero-order valence-corrected chi connectivity index (χ0v) is 15.0. The van der Waals surface area contributed by atoms with Gasteiger partial charge in [0.15, 0.2) is 0 Å². The van der Waals surface area contributed by atoms with E-state index in [9.17, 15) is 4.79 Å². The Morgan fingerprint density at radius 1 is 1.27 bits per heavy atom. The van der Waals surface area contributed by atoms with Gasteiger partial charge in [-0.05, 0) is 30.3 Å². The van der Waals surface area contributed by atoms with Crippen LogP contribution in [0.3, 0.4) is 0 Å². The summed E-state index contributed by atoms with van der Waals surface area (Å²) < 4.78 is 10.4. The number of rotatable bonds is 5. The Kier molecular flexibility index (Phi) is 5.38. The standard InChI is InChI=1S/C18H17ClN4O3/c1-23(18(24)20-14-7-4-6-13(19)10-14)11-16-21-17(22-26-16)12-5-3-8-15(9-12)25-2/h3-10H,11H2,1-2H3,(H,20,24). The van der Waals surface area contributed by atoms with Gasteiger partial charge in [-0.15, -0.1) is 0 Å². The molecule has 1 N–H and O–H groups in total. The van der Waals surface area contributed by atoms with Crippen molar-refractivity contribution in [2.45, 2.75) is 6.54 Å². The predicted molar refractivity (Wildman–Crippen MR) is 98.2 cm³/mol. The quantitative estimate of drug-likeness (QED) is 0.730. The van der Waals surface area contributed by atoms with Crippen LogP contribution in [0.25, 0.3) is 11.4 Å². The van der Waals surface area contributed by atoms with E-state index in [4.69, 9.17) is 20.9 Å². The average Bonchev–Trinajstić information content (AvgIpc) is 3.10. The molecule has 0 spiro atoms. The zero-order chi connectivity index (χ0) is 18.5. The minimum absolute atomic E-state index is 0.170. The third kappa shape index (κ3) is 4.31. The second-order valence-corrected chi connectivity index (χ2v) is 5.98. The van der Waals surface area contributed by atoms with Crippen molar-refractivity contribution in [2.24, 2.45) is 0 Å². The molecule has 7 nitrogen and oxygen atoms in total. The molecule has 0 aliphatic heterocycles. The van der Waals surface area contributed by atoms with Crippen LogP contribution in [0, 0.1) is 0 Å². The Morgan fingerprint density at radius 3 is 2.85 bits per heavy atom. The smallest absolute Gasteiger partial charge is 0.322 e. The topological polar surface area (TPSA) is 80.5 Å². The molecule has 0 radical (unpaired) electrons. The highest BCUT2D eigenvalue weighted by atomic mass is 35.5. The van der Waals surface area contributed by atoms with Crippen LogP contribution in [-0.2, 0) is 6.54 Å². The van der Waals surface area contributed by atoms with Crippen LogP contribution in [0.4, 0.5) is 10.5 Å². The zero-order valence-electron chi connectivity index (χ0n) is 14.3. The third-order valence-corrected chi connectivity index (χ3v) is 3.83. The van der Waals surface area contributed by atoms with Crippen LogP contribution in [0.2, 0.25) is 5.02 Å². The van der Waals surface area contributed by atoms with Crippen molar-refractivity contribution < 1.29 is 14.1 Å². The first-order chi connectivity index (χ1) is 12.5. The summed E-state index contributed by atoms with van der Waals surface area (Å²) in [5.74, 6) is 1.46. The number of anilines is 1. The Hall–Kier alpha value is -3.06. The van der Waals surface area contributed by atoms with Gasteiger partial charge in [0.1, 0.15) is 12.3 Å². The molecule has 0 bridgehead atoms. The molecule has 0 atom stereocenters. The molecule has 8 heteroatoms. The van der Waals surface area contributed by atoms with Gasteiger partial charge in [0.05, 0.1) is 7.11 Å². The number of hydrogen-bond acceptors (Lipinski definition) is 5. The van der Waals surface area contributed by atoms with Crippen molar-refractivity contribution in [2.75, 3.05) is 19.5 Å². The second kappa shape index (κ2) is 7.88. The molecule has 3 aromatic rings.